The van der Waals surface area contributed by atoms with Crippen molar-refractivity contribution in [3.8, 4) is 0 Å². The van der Waals surface area contributed by atoms with E-state index in [4.69, 9.17) is 0 Å². The van der Waals surface area contributed by atoms with E-state index in [2.05, 4.69) is 10.3 Å². The Hall–Kier alpha value is -2.28. The van der Waals surface area contributed by atoms with Crippen LogP contribution in [0.25, 0.3) is 10.2 Å². The van der Waals surface area contributed by atoms with Crippen LogP contribution in [0.2, 0.25) is 0 Å². The number of hydrogen-bond donors (Lipinski definition) is 1. The molecule has 1 saturated heterocycles. The summed E-state index contributed by atoms with van der Waals surface area (Å²) in [4.78, 5) is 42.7. The SMILES string of the molecule is Cc1nc2ccc(NC(=O)CN3C(=O)[C@H]4CCCC[C@@H]4C3=O)cc2s1. The third kappa shape index (κ3) is 2.93. The molecule has 0 radical (unpaired) electrons. The van der Waals surface area contributed by atoms with Gasteiger partial charge < -0.3 is 5.32 Å². The maximum Gasteiger partial charge on any atom is 0.244 e. The molecule has 1 saturated carbocycles. The number of imide groups is 1. The Morgan fingerprint density at radius 2 is 1.92 bits per heavy atom. The highest BCUT2D eigenvalue weighted by molar-refractivity contribution is 7.18. The maximum atomic E-state index is 12.4. The van der Waals surface area contributed by atoms with Gasteiger partial charge in [-0.3, -0.25) is 19.3 Å². The monoisotopic (exact) mass is 357 g/mol. The highest BCUT2D eigenvalue weighted by Crippen LogP contribution is 2.37. The lowest BCUT2D eigenvalue weighted by atomic mass is 9.81. The number of amides is 3. The molecule has 2 heterocycles. The number of carbonyl (C=O) groups is 3. The molecule has 1 aliphatic carbocycles. The van der Waals surface area contributed by atoms with Crippen LogP contribution in [0.15, 0.2) is 18.2 Å². The van der Waals surface area contributed by atoms with E-state index in [9.17, 15) is 14.4 Å². The zero-order chi connectivity index (χ0) is 17.6. The van der Waals surface area contributed by atoms with Crippen LogP contribution >= 0.6 is 11.3 Å². The van der Waals surface area contributed by atoms with Crippen molar-refractivity contribution >= 4 is 45.0 Å². The zero-order valence-corrected chi connectivity index (χ0v) is 14.8. The molecule has 3 amide bonds. The minimum absolute atomic E-state index is 0.182. The number of benzene rings is 1. The number of hydrogen-bond acceptors (Lipinski definition) is 5. The number of thiazole rings is 1. The van der Waals surface area contributed by atoms with Crippen molar-refractivity contribution in [3.63, 3.8) is 0 Å². The van der Waals surface area contributed by atoms with Crippen molar-refractivity contribution in [1.82, 2.24) is 9.88 Å². The second kappa shape index (κ2) is 6.22. The minimum Gasteiger partial charge on any atom is -0.324 e. The number of fused-ring (bicyclic) bond motifs is 2. The molecule has 25 heavy (non-hydrogen) atoms. The molecule has 0 bridgehead atoms. The zero-order valence-electron chi connectivity index (χ0n) is 13.9. The highest BCUT2D eigenvalue weighted by Gasteiger charge is 2.48. The van der Waals surface area contributed by atoms with Crippen LogP contribution in [-0.4, -0.2) is 34.2 Å². The van der Waals surface area contributed by atoms with Crippen molar-refractivity contribution in [2.45, 2.75) is 32.6 Å². The second-order valence-electron chi connectivity index (χ2n) is 6.72. The van der Waals surface area contributed by atoms with Crippen LogP contribution in [0, 0.1) is 18.8 Å². The molecule has 4 rings (SSSR count). The van der Waals surface area contributed by atoms with Gasteiger partial charge in [0.05, 0.1) is 27.1 Å². The predicted octanol–water partition coefficient (Wildman–Crippen LogP) is 2.72. The Morgan fingerprint density at radius 1 is 1.24 bits per heavy atom. The van der Waals surface area contributed by atoms with Gasteiger partial charge in [0.2, 0.25) is 17.7 Å². The molecule has 0 spiro atoms. The Bertz CT molecular complexity index is 852. The van der Waals surface area contributed by atoms with E-state index in [1.165, 1.54) is 0 Å². The molecule has 2 fully saturated rings. The quantitative estimate of drug-likeness (QED) is 0.857. The fourth-order valence-corrected chi connectivity index (χ4v) is 4.71. The van der Waals surface area contributed by atoms with E-state index in [0.29, 0.717) is 5.69 Å². The van der Waals surface area contributed by atoms with E-state index < -0.39 is 0 Å². The van der Waals surface area contributed by atoms with Crippen molar-refractivity contribution in [3.05, 3.63) is 23.2 Å². The fraction of sp³-hybridized carbons (Fsp3) is 0.444. The smallest absolute Gasteiger partial charge is 0.244 e. The number of aryl methyl sites for hydroxylation is 1. The number of carbonyl (C=O) groups excluding carboxylic acids is 3. The molecule has 2 aromatic rings. The van der Waals surface area contributed by atoms with Crippen molar-refractivity contribution in [2.75, 3.05) is 11.9 Å². The van der Waals surface area contributed by atoms with Gasteiger partial charge in [-0.1, -0.05) is 12.8 Å². The molecule has 1 N–H and O–H groups in total. The lowest BCUT2D eigenvalue weighted by Gasteiger charge is -2.19. The molecule has 2 aliphatic rings. The van der Waals surface area contributed by atoms with Gasteiger partial charge in [0.25, 0.3) is 0 Å². The Kier molecular flexibility index (Phi) is 4.03. The number of aromatic nitrogens is 1. The third-order valence-electron chi connectivity index (χ3n) is 5.01. The van der Waals surface area contributed by atoms with Gasteiger partial charge in [-0.2, -0.15) is 0 Å². The number of likely N-dealkylation sites (tertiary alicyclic amines) is 1. The van der Waals surface area contributed by atoms with E-state index in [0.717, 1.165) is 45.8 Å². The summed E-state index contributed by atoms with van der Waals surface area (Å²) in [5.41, 5.74) is 1.55. The minimum atomic E-state index is -0.346. The van der Waals surface area contributed by atoms with Crippen LogP contribution in [-0.2, 0) is 14.4 Å². The van der Waals surface area contributed by atoms with Crippen molar-refractivity contribution in [2.24, 2.45) is 11.8 Å². The van der Waals surface area contributed by atoms with Gasteiger partial charge in [0.15, 0.2) is 0 Å². The van der Waals surface area contributed by atoms with Crippen molar-refractivity contribution < 1.29 is 14.4 Å². The third-order valence-corrected chi connectivity index (χ3v) is 5.95. The van der Waals surface area contributed by atoms with E-state index in [-0.39, 0.29) is 36.1 Å². The summed E-state index contributed by atoms with van der Waals surface area (Å²) in [5, 5.41) is 3.75. The first-order valence-electron chi connectivity index (χ1n) is 8.55. The summed E-state index contributed by atoms with van der Waals surface area (Å²) in [7, 11) is 0. The maximum absolute atomic E-state index is 12.4. The van der Waals surface area contributed by atoms with Gasteiger partial charge in [0, 0.05) is 5.69 Å². The molecule has 1 aromatic carbocycles. The summed E-state index contributed by atoms with van der Waals surface area (Å²) < 4.78 is 0.995. The average Bonchev–Trinajstić information content (AvgIpc) is 3.07. The molecule has 6 nitrogen and oxygen atoms in total. The normalized spacial score (nSPS) is 23.2. The van der Waals surface area contributed by atoms with Gasteiger partial charge in [-0.05, 0) is 38.0 Å². The van der Waals surface area contributed by atoms with E-state index >= 15 is 0 Å². The summed E-state index contributed by atoms with van der Waals surface area (Å²) >= 11 is 1.56. The number of nitrogens with zero attached hydrogens (tertiary/aromatic N) is 2. The van der Waals surface area contributed by atoms with Gasteiger partial charge in [-0.25, -0.2) is 4.98 Å². The summed E-state index contributed by atoms with van der Waals surface area (Å²) in [6.07, 6.45) is 3.48. The number of nitrogens with one attached hydrogen (secondary N) is 1. The number of rotatable bonds is 3. The Balaban J connectivity index is 1.46. The largest absolute Gasteiger partial charge is 0.324 e. The van der Waals surface area contributed by atoms with Crippen LogP contribution < -0.4 is 5.32 Å². The average molecular weight is 357 g/mol. The van der Waals surface area contributed by atoms with Gasteiger partial charge >= 0.3 is 0 Å². The summed E-state index contributed by atoms with van der Waals surface area (Å²) in [6, 6.07) is 5.51. The Morgan fingerprint density at radius 3 is 2.60 bits per heavy atom. The van der Waals surface area contributed by atoms with Crippen molar-refractivity contribution in [1.29, 1.82) is 0 Å². The molecular weight excluding hydrogens is 338 g/mol. The standard InChI is InChI=1S/C18H19N3O3S/c1-10-19-14-7-6-11(8-15(14)25-10)20-16(22)9-21-17(23)12-4-2-3-5-13(12)18(21)24/h6-8,12-13H,2-5,9H2,1H3,(H,20,22)/t12-,13-/m0/s1. The highest BCUT2D eigenvalue weighted by atomic mass is 32.1. The van der Waals surface area contributed by atoms with Gasteiger partial charge in [-0.15, -0.1) is 11.3 Å². The lowest BCUT2D eigenvalue weighted by molar-refractivity contribution is -0.142. The predicted molar refractivity (Wildman–Crippen MR) is 95.2 cm³/mol. The fourth-order valence-electron chi connectivity index (χ4n) is 3.85. The molecule has 1 aliphatic heterocycles. The van der Waals surface area contributed by atoms with Crippen LogP contribution in [0.1, 0.15) is 30.7 Å². The van der Waals surface area contributed by atoms with E-state index in [1.54, 1.807) is 17.4 Å². The number of anilines is 1. The molecule has 0 unspecified atom stereocenters. The lowest BCUT2D eigenvalue weighted by Crippen LogP contribution is -2.38. The van der Waals surface area contributed by atoms with Crippen LogP contribution in [0.4, 0.5) is 5.69 Å². The summed E-state index contributed by atoms with van der Waals surface area (Å²) in [6.45, 7) is 1.73. The van der Waals surface area contributed by atoms with E-state index in [1.807, 2.05) is 19.1 Å². The summed E-state index contributed by atoms with van der Waals surface area (Å²) in [5.74, 6) is -1.14. The first kappa shape index (κ1) is 16.2. The topological polar surface area (TPSA) is 79.4 Å². The molecule has 1 aromatic heterocycles. The molecular formula is C18H19N3O3S. The second-order valence-corrected chi connectivity index (χ2v) is 7.96. The van der Waals surface area contributed by atoms with Crippen LogP contribution in [0.5, 0.6) is 0 Å². The van der Waals surface area contributed by atoms with Crippen LogP contribution in [0.3, 0.4) is 0 Å². The molecule has 7 heteroatoms. The van der Waals surface area contributed by atoms with Gasteiger partial charge in [0.1, 0.15) is 6.54 Å². The first-order valence-corrected chi connectivity index (χ1v) is 9.37. The Labute approximate surface area is 149 Å². The molecule has 2 atom stereocenters. The molecule has 130 valence electrons. The first-order chi connectivity index (χ1) is 12.0.